The largest absolute Gasteiger partial charge is 0.497 e. The van der Waals surface area contributed by atoms with Crippen LogP contribution >= 0.6 is 0 Å². The van der Waals surface area contributed by atoms with Crippen LogP contribution in [0.5, 0.6) is 5.75 Å². The summed E-state index contributed by atoms with van der Waals surface area (Å²) in [6, 6.07) is 7.52. The van der Waals surface area contributed by atoms with Gasteiger partial charge in [0.25, 0.3) is 0 Å². The number of methoxy groups -OCH3 is 1. The molecule has 1 N–H and O–H groups in total. The fourth-order valence-electron chi connectivity index (χ4n) is 3.03. The molecule has 1 saturated heterocycles. The quantitative estimate of drug-likeness (QED) is 0.744. The highest BCUT2D eigenvalue weighted by Crippen LogP contribution is 2.21. The van der Waals surface area contributed by atoms with Crippen LogP contribution in [0.3, 0.4) is 0 Å². The van der Waals surface area contributed by atoms with Crippen LogP contribution in [0.15, 0.2) is 24.3 Å². The van der Waals surface area contributed by atoms with Crippen molar-refractivity contribution in [3.05, 3.63) is 29.8 Å². The third kappa shape index (κ3) is 5.99. The molecule has 146 valence electrons. The Morgan fingerprint density at radius 1 is 1.31 bits per heavy atom. The number of nitrogens with one attached hydrogen (secondary N) is 1. The summed E-state index contributed by atoms with van der Waals surface area (Å²) in [6.45, 7) is 6.72. The van der Waals surface area contributed by atoms with Gasteiger partial charge in [-0.25, -0.2) is 8.42 Å². The summed E-state index contributed by atoms with van der Waals surface area (Å²) in [7, 11) is -1.40. The van der Waals surface area contributed by atoms with Crippen LogP contribution in [0, 0.1) is 0 Å². The molecule has 1 heterocycles. The maximum atomic E-state index is 12.5. The molecule has 6 nitrogen and oxygen atoms in total. The average molecular weight is 383 g/mol. The highest BCUT2D eigenvalue weighted by atomic mass is 32.2. The molecule has 1 fully saturated rings. The maximum absolute atomic E-state index is 12.5. The Hall–Kier alpha value is -1.60. The summed E-state index contributed by atoms with van der Waals surface area (Å²) in [6.07, 6.45) is 1.40. The lowest BCUT2D eigenvalue weighted by atomic mass is 10.0. The predicted molar refractivity (Wildman–Crippen MR) is 103 cm³/mol. The van der Waals surface area contributed by atoms with Gasteiger partial charge in [0.05, 0.1) is 25.2 Å². The van der Waals surface area contributed by atoms with Crippen molar-refractivity contribution in [2.45, 2.75) is 51.7 Å². The second-order valence-corrected chi connectivity index (χ2v) is 9.82. The number of rotatable bonds is 8. The van der Waals surface area contributed by atoms with Gasteiger partial charge in [0.2, 0.25) is 5.91 Å². The van der Waals surface area contributed by atoms with E-state index < -0.39 is 9.84 Å². The molecule has 26 heavy (non-hydrogen) atoms. The van der Waals surface area contributed by atoms with Crippen LogP contribution < -0.4 is 10.1 Å². The molecule has 0 bridgehead atoms. The number of carbonyl (C=O) groups excluding carboxylic acids is 1. The predicted octanol–water partition coefficient (Wildman–Crippen LogP) is 1.99. The van der Waals surface area contributed by atoms with Crippen molar-refractivity contribution >= 4 is 15.7 Å². The molecule has 1 aromatic rings. The fraction of sp³-hybridized carbons (Fsp3) is 0.632. The normalized spacial score (nSPS) is 19.5. The Balaban J connectivity index is 2.12. The Morgan fingerprint density at radius 2 is 1.96 bits per heavy atom. The molecule has 0 unspecified atom stereocenters. The minimum Gasteiger partial charge on any atom is -0.497 e. The van der Waals surface area contributed by atoms with Crippen molar-refractivity contribution in [2.24, 2.45) is 0 Å². The van der Waals surface area contributed by atoms with Crippen molar-refractivity contribution < 1.29 is 17.9 Å². The van der Waals surface area contributed by atoms with Gasteiger partial charge < -0.3 is 10.1 Å². The van der Waals surface area contributed by atoms with E-state index in [-0.39, 0.29) is 35.5 Å². The van der Waals surface area contributed by atoms with Gasteiger partial charge in [0.15, 0.2) is 9.84 Å². The molecule has 1 aliphatic rings. The minimum absolute atomic E-state index is 0.0744. The standard InChI is InChI=1S/C19H30N2O4S/c1-5-19(2,3)20-18(22)13-21(16-10-11-26(23,24)14-16)12-15-6-8-17(25-4)9-7-15/h6-9,16H,5,10-14H2,1-4H3,(H,20,22)/t16-/m0/s1. The zero-order chi connectivity index (χ0) is 19.4. The first kappa shape index (κ1) is 20.7. The summed E-state index contributed by atoms with van der Waals surface area (Å²) in [4.78, 5) is 14.5. The molecule has 2 rings (SSSR count). The number of amides is 1. The summed E-state index contributed by atoms with van der Waals surface area (Å²) in [5, 5.41) is 3.03. The number of nitrogens with zero attached hydrogens (tertiary/aromatic N) is 1. The van der Waals surface area contributed by atoms with E-state index >= 15 is 0 Å². The monoisotopic (exact) mass is 382 g/mol. The van der Waals surface area contributed by atoms with Crippen LogP contribution in [0.2, 0.25) is 0 Å². The first-order valence-corrected chi connectivity index (χ1v) is 10.8. The van der Waals surface area contributed by atoms with Crippen molar-refractivity contribution in [2.75, 3.05) is 25.2 Å². The number of hydrogen-bond donors (Lipinski definition) is 1. The van der Waals surface area contributed by atoms with E-state index in [1.165, 1.54) is 0 Å². The zero-order valence-electron chi connectivity index (χ0n) is 16.1. The molecule has 0 aliphatic carbocycles. The molecule has 0 spiro atoms. The van der Waals surface area contributed by atoms with Gasteiger partial charge >= 0.3 is 0 Å². The molecule has 0 radical (unpaired) electrons. The fourth-order valence-corrected chi connectivity index (χ4v) is 4.79. The second-order valence-electron chi connectivity index (χ2n) is 7.60. The Kier molecular flexibility index (Phi) is 6.69. The summed E-state index contributed by atoms with van der Waals surface area (Å²) in [5.74, 6) is 1.01. The van der Waals surface area contributed by atoms with E-state index in [1.54, 1.807) is 7.11 Å². The van der Waals surface area contributed by atoms with Gasteiger partial charge in [0, 0.05) is 18.1 Å². The number of hydrogen-bond acceptors (Lipinski definition) is 5. The smallest absolute Gasteiger partial charge is 0.234 e. The number of carbonyl (C=O) groups is 1. The van der Waals surface area contributed by atoms with Crippen molar-refractivity contribution in [1.82, 2.24) is 10.2 Å². The number of ether oxygens (including phenoxy) is 1. The summed E-state index contributed by atoms with van der Waals surface area (Å²) < 4.78 is 29.0. The van der Waals surface area contributed by atoms with Crippen LogP contribution in [0.4, 0.5) is 0 Å². The summed E-state index contributed by atoms with van der Waals surface area (Å²) in [5.41, 5.74) is 0.752. The molecule has 0 aromatic heterocycles. The molecule has 1 atom stereocenters. The van der Waals surface area contributed by atoms with Gasteiger partial charge in [-0.15, -0.1) is 0 Å². The average Bonchev–Trinajstić information content (AvgIpc) is 2.94. The van der Waals surface area contributed by atoms with E-state index in [2.05, 4.69) is 5.32 Å². The van der Waals surface area contributed by atoms with Gasteiger partial charge in [-0.2, -0.15) is 0 Å². The number of benzene rings is 1. The lowest BCUT2D eigenvalue weighted by Crippen LogP contribution is -2.49. The first-order chi connectivity index (χ1) is 12.1. The molecule has 7 heteroatoms. The van der Waals surface area contributed by atoms with Crippen molar-refractivity contribution in [3.8, 4) is 5.75 Å². The van der Waals surface area contributed by atoms with Gasteiger partial charge in [0.1, 0.15) is 5.75 Å². The molecule has 1 aliphatic heterocycles. The van der Waals surface area contributed by atoms with Gasteiger partial charge in [-0.05, 0) is 44.4 Å². The Bertz CT molecular complexity index is 714. The molecule has 0 saturated carbocycles. The Labute approximate surface area is 156 Å². The van der Waals surface area contributed by atoms with Crippen molar-refractivity contribution in [1.29, 1.82) is 0 Å². The zero-order valence-corrected chi connectivity index (χ0v) is 16.9. The van der Waals surface area contributed by atoms with E-state index in [4.69, 9.17) is 4.74 Å². The summed E-state index contributed by atoms with van der Waals surface area (Å²) >= 11 is 0. The van der Waals surface area contributed by atoms with E-state index in [0.717, 1.165) is 17.7 Å². The number of sulfone groups is 1. The van der Waals surface area contributed by atoms with E-state index in [1.807, 2.05) is 49.9 Å². The highest BCUT2D eigenvalue weighted by molar-refractivity contribution is 7.91. The third-order valence-electron chi connectivity index (χ3n) is 4.98. The van der Waals surface area contributed by atoms with Crippen LogP contribution in [-0.2, 0) is 21.2 Å². The van der Waals surface area contributed by atoms with Crippen LogP contribution in [0.25, 0.3) is 0 Å². The third-order valence-corrected chi connectivity index (χ3v) is 6.73. The SMILES string of the molecule is CCC(C)(C)NC(=O)CN(Cc1ccc(OC)cc1)[C@H]1CCS(=O)(=O)C1. The highest BCUT2D eigenvalue weighted by Gasteiger charge is 2.33. The molecular formula is C19H30N2O4S. The van der Waals surface area contributed by atoms with E-state index in [9.17, 15) is 13.2 Å². The first-order valence-electron chi connectivity index (χ1n) is 9.02. The van der Waals surface area contributed by atoms with E-state index in [0.29, 0.717) is 13.0 Å². The molecule has 1 aromatic carbocycles. The van der Waals surface area contributed by atoms with Crippen LogP contribution in [-0.4, -0.2) is 56.0 Å². The van der Waals surface area contributed by atoms with Crippen LogP contribution in [0.1, 0.15) is 39.2 Å². The Morgan fingerprint density at radius 3 is 2.46 bits per heavy atom. The van der Waals surface area contributed by atoms with Gasteiger partial charge in [-0.1, -0.05) is 19.1 Å². The lowest BCUT2D eigenvalue weighted by Gasteiger charge is -2.30. The second kappa shape index (κ2) is 8.39. The topological polar surface area (TPSA) is 75.7 Å². The molecular weight excluding hydrogens is 352 g/mol. The van der Waals surface area contributed by atoms with Crippen molar-refractivity contribution in [3.63, 3.8) is 0 Å². The minimum atomic E-state index is -3.01. The maximum Gasteiger partial charge on any atom is 0.234 e. The lowest BCUT2D eigenvalue weighted by molar-refractivity contribution is -0.124. The molecule has 1 amide bonds. The van der Waals surface area contributed by atoms with Gasteiger partial charge in [-0.3, -0.25) is 9.69 Å².